The molecule has 0 spiro atoms. The van der Waals surface area contributed by atoms with Crippen LogP contribution < -0.4 is 5.32 Å². The third-order valence-corrected chi connectivity index (χ3v) is 3.11. The van der Waals surface area contributed by atoms with E-state index in [2.05, 4.69) is 5.32 Å². The number of carbonyl (C=O) groups is 1. The van der Waals surface area contributed by atoms with Gasteiger partial charge in [0.05, 0.1) is 0 Å². The maximum atomic E-state index is 13.5. The molecular weight excluding hydrogens is 229 g/mol. The first-order valence-corrected chi connectivity index (χ1v) is 5.76. The zero-order valence-electron chi connectivity index (χ0n) is 8.80. The quantitative estimate of drug-likeness (QED) is 0.847. The Bertz CT molecular complexity index is 408. The molecule has 1 aliphatic rings. The predicted molar refractivity (Wildman–Crippen MR) is 60.8 cm³/mol. The molecule has 1 aliphatic heterocycles. The number of halogens is 2. The van der Waals surface area contributed by atoms with Gasteiger partial charge in [0.15, 0.2) is 0 Å². The lowest BCUT2D eigenvalue weighted by atomic mass is 9.91. The molecule has 0 radical (unpaired) electrons. The number of piperidine rings is 1. The molecule has 1 saturated heterocycles. The standard InChI is InChI=1S/C12H13ClFNO/c13-10-3-4-11(14)9(7-10)6-8-2-1-5-15-12(8)16/h3-4,7-8H,1-2,5-6H2,(H,15,16). The first kappa shape index (κ1) is 11.4. The van der Waals surface area contributed by atoms with Crippen molar-refractivity contribution in [2.75, 3.05) is 6.54 Å². The monoisotopic (exact) mass is 241 g/mol. The van der Waals surface area contributed by atoms with Crippen molar-refractivity contribution in [3.05, 3.63) is 34.6 Å². The third-order valence-electron chi connectivity index (χ3n) is 2.87. The molecule has 1 fully saturated rings. The first-order valence-electron chi connectivity index (χ1n) is 5.38. The Labute approximate surface area is 98.8 Å². The second-order valence-electron chi connectivity index (χ2n) is 4.07. The van der Waals surface area contributed by atoms with E-state index < -0.39 is 0 Å². The highest BCUT2D eigenvalue weighted by Gasteiger charge is 2.23. The van der Waals surface area contributed by atoms with Gasteiger partial charge >= 0.3 is 0 Å². The molecule has 1 atom stereocenters. The lowest BCUT2D eigenvalue weighted by Crippen LogP contribution is -2.37. The van der Waals surface area contributed by atoms with E-state index in [1.807, 2.05) is 0 Å². The van der Waals surface area contributed by atoms with Crippen molar-refractivity contribution in [1.82, 2.24) is 5.32 Å². The summed E-state index contributed by atoms with van der Waals surface area (Å²) >= 11 is 5.80. The summed E-state index contributed by atoms with van der Waals surface area (Å²) in [6.07, 6.45) is 2.20. The maximum absolute atomic E-state index is 13.5. The van der Waals surface area contributed by atoms with Crippen LogP contribution in [-0.2, 0) is 11.2 Å². The molecule has 0 aromatic heterocycles. The summed E-state index contributed by atoms with van der Waals surface area (Å²) in [5, 5.41) is 3.30. The van der Waals surface area contributed by atoms with Crippen LogP contribution in [0.2, 0.25) is 5.02 Å². The Kier molecular flexibility index (Phi) is 3.44. The Morgan fingerprint density at radius 1 is 1.50 bits per heavy atom. The average Bonchev–Trinajstić information content (AvgIpc) is 2.27. The predicted octanol–water partition coefficient (Wildman–Crippen LogP) is 2.55. The van der Waals surface area contributed by atoms with E-state index in [1.54, 1.807) is 6.07 Å². The van der Waals surface area contributed by atoms with Crippen molar-refractivity contribution < 1.29 is 9.18 Å². The number of rotatable bonds is 2. The van der Waals surface area contributed by atoms with Crippen molar-refractivity contribution in [3.63, 3.8) is 0 Å². The van der Waals surface area contributed by atoms with Crippen LogP contribution in [0.1, 0.15) is 18.4 Å². The largest absolute Gasteiger partial charge is 0.356 e. The van der Waals surface area contributed by atoms with Gasteiger partial charge in [0.25, 0.3) is 0 Å². The topological polar surface area (TPSA) is 29.1 Å². The van der Waals surface area contributed by atoms with E-state index in [4.69, 9.17) is 11.6 Å². The smallest absolute Gasteiger partial charge is 0.223 e. The molecule has 0 saturated carbocycles. The molecule has 1 aromatic rings. The minimum Gasteiger partial charge on any atom is -0.356 e. The van der Waals surface area contributed by atoms with Crippen LogP contribution in [0.15, 0.2) is 18.2 Å². The van der Waals surface area contributed by atoms with E-state index in [9.17, 15) is 9.18 Å². The molecule has 86 valence electrons. The molecule has 2 nitrogen and oxygen atoms in total. The van der Waals surface area contributed by atoms with E-state index >= 15 is 0 Å². The number of amides is 1. The minimum atomic E-state index is -0.289. The number of hydrogen-bond donors (Lipinski definition) is 1. The van der Waals surface area contributed by atoms with Gasteiger partial charge in [-0.3, -0.25) is 4.79 Å². The number of nitrogens with one attached hydrogen (secondary N) is 1. The van der Waals surface area contributed by atoms with Crippen LogP contribution in [0.5, 0.6) is 0 Å². The number of carbonyl (C=O) groups excluding carboxylic acids is 1. The highest BCUT2D eigenvalue weighted by atomic mass is 35.5. The van der Waals surface area contributed by atoms with E-state index in [0.717, 1.165) is 19.4 Å². The SMILES string of the molecule is O=C1NCCCC1Cc1cc(Cl)ccc1F. The zero-order valence-corrected chi connectivity index (χ0v) is 9.56. The van der Waals surface area contributed by atoms with Crippen molar-refractivity contribution in [2.45, 2.75) is 19.3 Å². The molecule has 0 aliphatic carbocycles. The van der Waals surface area contributed by atoms with Crippen molar-refractivity contribution in [2.24, 2.45) is 5.92 Å². The molecule has 16 heavy (non-hydrogen) atoms. The van der Waals surface area contributed by atoms with E-state index in [-0.39, 0.29) is 17.6 Å². The van der Waals surface area contributed by atoms with E-state index in [0.29, 0.717) is 17.0 Å². The van der Waals surface area contributed by atoms with Gasteiger partial charge < -0.3 is 5.32 Å². The van der Waals surface area contributed by atoms with Gasteiger partial charge in [-0.1, -0.05) is 11.6 Å². The van der Waals surface area contributed by atoms with Crippen LogP contribution in [0.3, 0.4) is 0 Å². The Morgan fingerprint density at radius 3 is 3.06 bits per heavy atom. The summed E-state index contributed by atoms with van der Waals surface area (Å²) in [4.78, 5) is 11.5. The molecule has 1 amide bonds. The summed E-state index contributed by atoms with van der Waals surface area (Å²) in [5.41, 5.74) is 0.523. The molecule has 1 unspecified atom stereocenters. The summed E-state index contributed by atoms with van der Waals surface area (Å²) in [6.45, 7) is 0.730. The number of hydrogen-bond acceptors (Lipinski definition) is 1. The van der Waals surface area contributed by atoms with Crippen LogP contribution >= 0.6 is 11.6 Å². The van der Waals surface area contributed by atoms with Gasteiger partial charge in [-0.05, 0) is 43.0 Å². The average molecular weight is 242 g/mol. The van der Waals surface area contributed by atoms with Gasteiger partial charge in [0, 0.05) is 17.5 Å². The lowest BCUT2D eigenvalue weighted by molar-refractivity contribution is -0.126. The van der Waals surface area contributed by atoms with Gasteiger partial charge in [0.2, 0.25) is 5.91 Å². The van der Waals surface area contributed by atoms with Gasteiger partial charge in [-0.15, -0.1) is 0 Å². The van der Waals surface area contributed by atoms with Gasteiger partial charge in [-0.2, -0.15) is 0 Å². The lowest BCUT2D eigenvalue weighted by Gasteiger charge is -2.21. The Hall–Kier alpha value is -1.09. The van der Waals surface area contributed by atoms with Crippen molar-refractivity contribution >= 4 is 17.5 Å². The first-order chi connectivity index (χ1) is 7.66. The summed E-state index contributed by atoms with van der Waals surface area (Å²) in [5.74, 6) is -0.393. The fourth-order valence-corrected chi connectivity index (χ4v) is 2.19. The van der Waals surface area contributed by atoms with Gasteiger partial charge in [-0.25, -0.2) is 4.39 Å². The summed E-state index contributed by atoms with van der Waals surface area (Å²) in [7, 11) is 0. The zero-order chi connectivity index (χ0) is 11.5. The third kappa shape index (κ3) is 2.53. The van der Waals surface area contributed by atoms with Crippen LogP contribution in [0, 0.1) is 11.7 Å². The Balaban J connectivity index is 2.13. The van der Waals surface area contributed by atoms with Crippen LogP contribution in [0.25, 0.3) is 0 Å². The van der Waals surface area contributed by atoms with Crippen LogP contribution in [0.4, 0.5) is 4.39 Å². The maximum Gasteiger partial charge on any atom is 0.223 e. The van der Waals surface area contributed by atoms with Crippen molar-refractivity contribution in [3.8, 4) is 0 Å². The molecule has 1 heterocycles. The van der Waals surface area contributed by atoms with Crippen LogP contribution in [-0.4, -0.2) is 12.5 Å². The Morgan fingerprint density at radius 2 is 2.31 bits per heavy atom. The second kappa shape index (κ2) is 4.83. The van der Waals surface area contributed by atoms with Gasteiger partial charge in [0.1, 0.15) is 5.82 Å². The summed E-state index contributed by atoms with van der Waals surface area (Å²) < 4.78 is 13.5. The molecule has 0 bridgehead atoms. The minimum absolute atomic E-state index is 0.0191. The van der Waals surface area contributed by atoms with E-state index in [1.165, 1.54) is 12.1 Å². The molecule has 1 aromatic carbocycles. The fraction of sp³-hybridized carbons (Fsp3) is 0.417. The molecule has 4 heteroatoms. The summed E-state index contributed by atoms with van der Waals surface area (Å²) in [6, 6.07) is 4.46. The fourth-order valence-electron chi connectivity index (χ4n) is 2.00. The van der Waals surface area contributed by atoms with Crippen molar-refractivity contribution in [1.29, 1.82) is 0 Å². The molecular formula is C12H13ClFNO. The second-order valence-corrected chi connectivity index (χ2v) is 4.51. The highest BCUT2D eigenvalue weighted by molar-refractivity contribution is 6.30. The molecule has 2 rings (SSSR count). The highest BCUT2D eigenvalue weighted by Crippen LogP contribution is 2.22. The molecule has 1 N–H and O–H groups in total. The number of benzene rings is 1. The normalized spacial score (nSPS) is 20.6.